The molecule has 3 amide bonds. The number of aryl methyl sites for hydroxylation is 3. The molecule has 0 bridgehead atoms. The van der Waals surface area contributed by atoms with Crippen LogP contribution in [0.25, 0.3) is 0 Å². The summed E-state index contributed by atoms with van der Waals surface area (Å²) in [6.07, 6.45) is 2.53. The van der Waals surface area contributed by atoms with Crippen LogP contribution < -0.4 is 5.32 Å². The second-order valence-corrected chi connectivity index (χ2v) is 7.14. The average Bonchev–Trinajstić information content (AvgIpc) is 3.18. The molecule has 2 aromatic rings. The fourth-order valence-electron chi connectivity index (χ4n) is 3.57. The maximum atomic E-state index is 13.1. The number of nitrogens with one attached hydrogen (secondary N) is 1. The second-order valence-electron chi connectivity index (χ2n) is 6.14. The van der Waals surface area contributed by atoms with Crippen LogP contribution in [0, 0.1) is 13.8 Å². The van der Waals surface area contributed by atoms with Crippen LogP contribution >= 0.6 is 11.3 Å². The monoisotopic (exact) mass is 331 g/mol. The number of urea groups is 1. The molecular formula is C16H17N3O3S. The standard InChI is InChI=1S/C16H17N3O3S/c1-9-11(10(2)22-18-9)8-19-14(20)16(17-15(19)21)6-3-4-13-12(16)5-7-23-13/h5,7H,3-4,6,8H2,1-2H3,(H,17,21). The van der Waals surface area contributed by atoms with Gasteiger partial charge in [-0.15, -0.1) is 11.3 Å². The molecular weight excluding hydrogens is 314 g/mol. The first kappa shape index (κ1) is 14.4. The van der Waals surface area contributed by atoms with Gasteiger partial charge >= 0.3 is 6.03 Å². The van der Waals surface area contributed by atoms with Gasteiger partial charge in [0.15, 0.2) is 0 Å². The third-order valence-corrected chi connectivity index (χ3v) is 5.81. The van der Waals surface area contributed by atoms with Crippen LogP contribution in [0.3, 0.4) is 0 Å². The molecule has 1 atom stereocenters. The molecule has 7 heteroatoms. The maximum Gasteiger partial charge on any atom is 0.325 e. The fourth-order valence-corrected chi connectivity index (χ4v) is 4.57. The number of carbonyl (C=O) groups is 2. The lowest BCUT2D eigenvalue weighted by Crippen LogP contribution is -2.46. The molecule has 4 rings (SSSR count). The lowest BCUT2D eigenvalue weighted by Gasteiger charge is -2.31. The van der Waals surface area contributed by atoms with E-state index in [2.05, 4.69) is 10.5 Å². The van der Waals surface area contributed by atoms with Crippen molar-refractivity contribution in [2.75, 3.05) is 0 Å². The number of rotatable bonds is 2. The molecule has 0 radical (unpaired) electrons. The number of fused-ring (bicyclic) bond motifs is 2. The van der Waals surface area contributed by atoms with Gasteiger partial charge in [0, 0.05) is 16.0 Å². The molecule has 1 saturated heterocycles. The van der Waals surface area contributed by atoms with Gasteiger partial charge in [-0.1, -0.05) is 5.16 Å². The quantitative estimate of drug-likeness (QED) is 0.858. The number of nitrogens with zero attached hydrogens (tertiary/aromatic N) is 2. The first-order valence-corrected chi connectivity index (χ1v) is 8.53. The van der Waals surface area contributed by atoms with Crippen LogP contribution in [-0.4, -0.2) is 22.0 Å². The number of hydrogen-bond donors (Lipinski definition) is 1. The zero-order valence-corrected chi connectivity index (χ0v) is 13.8. The first-order valence-electron chi connectivity index (χ1n) is 7.65. The van der Waals surface area contributed by atoms with Crippen molar-refractivity contribution < 1.29 is 14.1 Å². The number of aromatic nitrogens is 1. The molecule has 2 aromatic heterocycles. The Morgan fingerprint density at radius 2 is 2.26 bits per heavy atom. The predicted octanol–water partition coefficient (Wildman–Crippen LogP) is 2.64. The van der Waals surface area contributed by atoms with E-state index >= 15 is 0 Å². The molecule has 1 spiro atoms. The van der Waals surface area contributed by atoms with Gasteiger partial charge in [-0.3, -0.25) is 9.69 Å². The summed E-state index contributed by atoms with van der Waals surface area (Å²) >= 11 is 1.65. The largest absolute Gasteiger partial charge is 0.361 e. The van der Waals surface area contributed by atoms with Gasteiger partial charge in [-0.25, -0.2) is 4.79 Å². The highest BCUT2D eigenvalue weighted by molar-refractivity contribution is 7.10. The normalized spacial score (nSPS) is 23.5. The highest BCUT2D eigenvalue weighted by atomic mass is 32.1. The van der Waals surface area contributed by atoms with E-state index in [1.807, 2.05) is 18.4 Å². The van der Waals surface area contributed by atoms with E-state index in [1.165, 1.54) is 9.78 Å². The van der Waals surface area contributed by atoms with E-state index < -0.39 is 5.54 Å². The molecule has 23 heavy (non-hydrogen) atoms. The van der Waals surface area contributed by atoms with Crippen molar-refractivity contribution in [1.29, 1.82) is 0 Å². The second kappa shape index (κ2) is 4.92. The summed E-state index contributed by atoms with van der Waals surface area (Å²) in [5.74, 6) is 0.478. The van der Waals surface area contributed by atoms with Crippen molar-refractivity contribution >= 4 is 23.3 Å². The Hall–Kier alpha value is -2.15. The number of amides is 3. The highest BCUT2D eigenvalue weighted by Crippen LogP contribution is 2.42. The van der Waals surface area contributed by atoms with Crippen LogP contribution in [-0.2, 0) is 23.3 Å². The Kier molecular flexibility index (Phi) is 3.09. The number of hydrogen-bond acceptors (Lipinski definition) is 5. The van der Waals surface area contributed by atoms with Gasteiger partial charge in [0.1, 0.15) is 11.3 Å². The summed E-state index contributed by atoms with van der Waals surface area (Å²) in [5.41, 5.74) is 1.59. The summed E-state index contributed by atoms with van der Waals surface area (Å²) in [5, 5.41) is 8.85. The van der Waals surface area contributed by atoms with E-state index in [4.69, 9.17) is 4.52 Å². The maximum absolute atomic E-state index is 13.1. The Balaban J connectivity index is 1.71. The summed E-state index contributed by atoms with van der Waals surface area (Å²) in [4.78, 5) is 28.1. The first-order chi connectivity index (χ1) is 11.0. The molecule has 0 aromatic carbocycles. The Bertz CT molecular complexity index is 790. The summed E-state index contributed by atoms with van der Waals surface area (Å²) in [6, 6.07) is 1.63. The molecule has 0 saturated carbocycles. The highest BCUT2D eigenvalue weighted by Gasteiger charge is 2.54. The number of thiophene rings is 1. The minimum atomic E-state index is -0.885. The minimum Gasteiger partial charge on any atom is -0.361 e. The topological polar surface area (TPSA) is 75.4 Å². The van der Waals surface area contributed by atoms with Crippen molar-refractivity contribution in [3.63, 3.8) is 0 Å². The summed E-state index contributed by atoms with van der Waals surface area (Å²) < 4.78 is 5.14. The van der Waals surface area contributed by atoms with Crippen LogP contribution in [0.15, 0.2) is 16.0 Å². The molecule has 6 nitrogen and oxygen atoms in total. The Morgan fingerprint density at radius 3 is 3.00 bits per heavy atom. The van der Waals surface area contributed by atoms with Gasteiger partial charge in [0.2, 0.25) is 0 Å². The molecule has 1 unspecified atom stereocenters. The van der Waals surface area contributed by atoms with Crippen LogP contribution in [0.2, 0.25) is 0 Å². The zero-order chi connectivity index (χ0) is 16.2. The molecule has 1 aliphatic heterocycles. The smallest absolute Gasteiger partial charge is 0.325 e. The molecule has 3 heterocycles. The van der Waals surface area contributed by atoms with E-state index in [0.717, 1.165) is 24.0 Å². The predicted molar refractivity (Wildman–Crippen MR) is 84.0 cm³/mol. The zero-order valence-electron chi connectivity index (χ0n) is 13.0. The Labute approximate surface area is 137 Å². The van der Waals surface area contributed by atoms with Gasteiger partial charge in [-0.2, -0.15) is 0 Å². The van der Waals surface area contributed by atoms with E-state index in [1.54, 1.807) is 18.3 Å². The summed E-state index contributed by atoms with van der Waals surface area (Å²) in [6.45, 7) is 3.81. The lowest BCUT2D eigenvalue weighted by atomic mass is 9.80. The van der Waals surface area contributed by atoms with Crippen molar-refractivity contribution in [1.82, 2.24) is 15.4 Å². The number of carbonyl (C=O) groups excluding carboxylic acids is 2. The number of imide groups is 1. The van der Waals surface area contributed by atoms with Crippen molar-refractivity contribution in [2.45, 2.75) is 45.2 Å². The summed E-state index contributed by atoms with van der Waals surface area (Å²) in [7, 11) is 0. The SMILES string of the molecule is Cc1noc(C)c1CN1C(=O)NC2(CCCc3sccc32)C1=O. The van der Waals surface area contributed by atoms with Gasteiger partial charge in [0.05, 0.1) is 12.2 Å². The van der Waals surface area contributed by atoms with Gasteiger partial charge in [-0.05, 0) is 44.6 Å². The van der Waals surface area contributed by atoms with E-state index in [0.29, 0.717) is 17.9 Å². The van der Waals surface area contributed by atoms with Crippen molar-refractivity contribution in [3.05, 3.63) is 38.9 Å². The van der Waals surface area contributed by atoms with Crippen LogP contribution in [0.4, 0.5) is 4.79 Å². The third kappa shape index (κ3) is 1.96. The molecule has 120 valence electrons. The van der Waals surface area contributed by atoms with Gasteiger partial charge < -0.3 is 9.84 Å². The minimum absolute atomic E-state index is 0.165. The van der Waals surface area contributed by atoms with Gasteiger partial charge in [0.25, 0.3) is 5.91 Å². The Morgan fingerprint density at radius 1 is 1.43 bits per heavy atom. The van der Waals surface area contributed by atoms with Crippen LogP contribution in [0.1, 0.15) is 40.3 Å². The molecule has 1 N–H and O–H groups in total. The van der Waals surface area contributed by atoms with Crippen molar-refractivity contribution in [3.8, 4) is 0 Å². The molecule has 1 fully saturated rings. The lowest BCUT2D eigenvalue weighted by molar-refractivity contribution is -0.132. The van der Waals surface area contributed by atoms with Crippen molar-refractivity contribution in [2.24, 2.45) is 0 Å². The molecule has 2 aliphatic rings. The van der Waals surface area contributed by atoms with E-state index in [-0.39, 0.29) is 18.5 Å². The third-order valence-electron chi connectivity index (χ3n) is 4.83. The average molecular weight is 331 g/mol. The van der Waals surface area contributed by atoms with E-state index in [9.17, 15) is 9.59 Å². The fraction of sp³-hybridized carbons (Fsp3) is 0.438. The molecule has 1 aliphatic carbocycles. The van der Waals surface area contributed by atoms with Crippen LogP contribution in [0.5, 0.6) is 0 Å².